The molecule has 152 valence electrons. The van der Waals surface area contributed by atoms with Crippen molar-refractivity contribution in [3.05, 3.63) is 69.6 Å². The molecule has 4 N–H and O–H groups in total. The maximum Gasteiger partial charge on any atom is 0.313 e. The van der Waals surface area contributed by atoms with Crippen molar-refractivity contribution in [1.82, 2.24) is 0 Å². The van der Waals surface area contributed by atoms with Gasteiger partial charge in [0.2, 0.25) is 5.75 Å². The summed E-state index contributed by atoms with van der Waals surface area (Å²) >= 11 is 12.3. The van der Waals surface area contributed by atoms with Crippen LogP contribution in [0.25, 0.3) is 11.1 Å². The van der Waals surface area contributed by atoms with Crippen molar-refractivity contribution in [2.24, 2.45) is 0 Å². The van der Waals surface area contributed by atoms with E-state index in [-0.39, 0.29) is 11.6 Å². The van der Waals surface area contributed by atoms with Crippen LogP contribution < -0.4 is 20.2 Å². The van der Waals surface area contributed by atoms with Crippen molar-refractivity contribution in [2.75, 3.05) is 12.8 Å². The molecular formula is C21H20Cl2FN2O3+. The van der Waals surface area contributed by atoms with E-state index in [2.05, 4.69) is 4.98 Å². The van der Waals surface area contributed by atoms with Crippen LogP contribution in [-0.2, 0) is 6.61 Å². The van der Waals surface area contributed by atoms with Crippen LogP contribution in [-0.4, -0.2) is 12.2 Å². The van der Waals surface area contributed by atoms with Crippen LogP contribution >= 0.6 is 23.2 Å². The smallest absolute Gasteiger partial charge is 0.313 e. The number of methoxy groups -OCH3 is 1. The normalized spacial score (nSPS) is 11.9. The molecule has 1 unspecified atom stereocenters. The summed E-state index contributed by atoms with van der Waals surface area (Å²) in [5.41, 5.74) is 8.65. The third kappa shape index (κ3) is 4.40. The molecule has 5 nitrogen and oxygen atoms in total. The molecule has 29 heavy (non-hydrogen) atoms. The molecule has 0 aliphatic rings. The van der Waals surface area contributed by atoms with Crippen LogP contribution in [0.4, 0.5) is 10.2 Å². The van der Waals surface area contributed by atoms with Gasteiger partial charge in [-0.2, -0.15) is 0 Å². The zero-order valence-corrected chi connectivity index (χ0v) is 17.3. The Kier molecular flexibility index (Phi) is 6.47. The Bertz CT molecular complexity index is 1050. The highest BCUT2D eigenvalue weighted by molar-refractivity contribution is 6.36. The number of aliphatic hydroxyl groups is 1. The minimum atomic E-state index is -0.650. The SMILES string of the molecule is COc1cc(-c2c[nH+]c(N)c(OC(C)c3c(Cl)ccc(F)c3Cl)c2)ccc1CO. The number of nitrogens with two attached hydrogens (primary N) is 1. The largest absolute Gasteiger partial charge is 0.496 e. The Morgan fingerprint density at radius 2 is 1.86 bits per heavy atom. The van der Waals surface area contributed by atoms with Crippen molar-refractivity contribution < 1.29 is 24.0 Å². The van der Waals surface area contributed by atoms with Crippen LogP contribution in [0.2, 0.25) is 10.0 Å². The third-order valence-electron chi connectivity index (χ3n) is 4.52. The van der Waals surface area contributed by atoms with Gasteiger partial charge in [-0.15, -0.1) is 0 Å². The average molecular weight is 438 g/mol. The summed E-state index contributed by atoms with van der Waals surface area (Å²) in [6, 6.07) is 9.81. The van der Waals surface area contributed by atoms with Gasteiger partial charge in [-0.3, -0.25) is 5.73 Å². The Morgan fingerprint density at radius 3 is 2.55 bits per heavy atom. The van der Waals surface area contributed by atoms with E-state index in [1.54, 1.807) is 31.3 Å². The van der Waals surface area contributed by atoms with Crippen LogP contribution in [0, 0.1) is 5.82 Å². The molecule has 3 rings (SSSR count). The standard InChI is InChI=1S/C21H19Cl2FN2O3/c1-11(19-15(22)5-6-16(24)20(19)23)29-18-8-14(9-26-21(18)25)12-3-4-13(10-27)17(7-12)28-2/h3-9,11,27H,10H2,1-2H3,(H2,25,26)/p+1. The fourth-order valence-corrected chi connectivity index (χ4v) is 3.65. The monoisotopic (exact) mass is 437 g/mol. The number of nitrogen functional groups attached to an aromatic ring is 1. The molecule has 0 amide bonds. The van der Waals surface area contributed by atoms with E-state index in [0.29, 0.717) is 33.5 Å². The summed E-state index contributed by atoms with van der Waals surface area (Å²) in [5.74, 6) is 0.640. The second kappa shape index (κ2) is 8.86. The van der Waals surface area contributed by atoms with Gasteiger partial charge in [0, 0.05) is 27.8 Å². The zero-order valence-electron chi connectivity index (χ0n) is 15.8. The number of pyridine rings is 1. The van der Waals surface area contributed by atoms with E-state index < -0.39 is 11.9 Å². The fraction of sp³-hybridized carbons (Fsp3) is 0.190. The summed E-state index contributed by atoms with van der Waals surface area (Å²) in [7, 11) is 1.54. The number of benzene rings is 2. The first-order chi connectivity index (χ1) is 13.8. The van der Waals surface area contributed by atoms with E-state index in [1.807, 2.05) is 6.07 Å². The second-order valence-corrected chi connectivity index (χ2v) is 7.15. The summed E-state index contributed by atoms with van der Waals surface area (Å²) in [6.07, 6.45) is 1.07. The quantitative estimate of drug-likeness (QED) is 0.540. The predicted molar refractivity (Wildman–Crippen MR) is 111 cm³/mol. The van der Waals surface area contributed by atoms with Gasteiger partial charge in [-0.1, -0.05) is 35.3 Å². The molecular weight excluding hydrogens is 418 g/mol. The third-order valence-corrected chi connectivity index (χ3v) is 5.23. The lowest BCUT2D eigenvalue weighted by Crippen LogP contribution is -2.14. The van der Waals surface area contributed by atoms with Crippen LogP contribution in [0.3, 0.4) is 0 Å². The highest BCUT2D eigenvalue weighted by Crippen LogP contribution is 2.36. The zero-order chi connectivity index (χ0) is 21.1. The number of anilines is 1. The van der Waals surface area contributed by atoms with Gasteiger partial charge in [-0.05, 0) is 30.7 Å². The summed E-state index contributed by atoms with van der Waals surface area (Å²) < 4.78 is 25.1. The van der Waals surface area contributed by atoms with Crippen molar-refractivity contribution in [2.45, 2.75) is 19.6 Å². The first kappa shape index (κ1) is 21.2. The number of ether oxygens (including phenoxy) is 2. The molecule has 0 saturated heterocycles. The lowest BCUT2D eigenvalue weighted by molar-refractivity contribution is -0.360. The molecule has 3 aromatic rings. The molecule has 0 spiro atoms. The lowest BCUT2D eigenvalue weighted by atomic mass is 10.0. The minimum Gasteiger partial charge on any atom is -0.496 e. The molecule has 1 heterocycles. The Morgan fingerprint density at radius 1 is 1.14 bits per heavy atom. The van der Waals surface area contributed by atoms with E-state index in [0.717, 1.165) is 11.1 Å². The summed E-state index contributed by atoms with van der Waals surface area (Å²) in [5, 5.41) is 9.60. The Balaban J connectivity index is 1.95. The first-order valence-electron chi connectivity index (χ1n) is 8.75. The van der Waals surface area contributed by atoms with Gasteiger partial charge in [0.25, 0.3) is 0 Å². The van der Waals surface area contributed by atoms with Gasteiger partial charge in [0.05, 0.1) is 24.9 Å². The Hall–Kier alpha value is -2.54. The molecule has 1 aromatic heterocycles. The number of hydrogen-bond donors (Lipinski definition) is 2. The van der Waals surface area contributed by atoms with Crippen LogP contribution in [0.5, 0.6) is 11.5 Å². The van der Waals surface area contributed by atoms with Gasteiger partial charge in [0.15, 0.2) is 0 Å². The molecule has 0 saturated carbocycles. The molecule has 0 bridgehead atoms. The van der Waals surface area contributed by atoms with Crippen molar-refractivity contribution in [1.29, 1.82) is 0 Å². The van der Waals surface area contributed by atoms with Gasteiger partial charge < -0.3 is 14.6 Å². The fourth-order valence-electron chi connectivity index (χ4n) is 2.97. The molecule has 0 aliphatic carbocycles. The lowest BCUT2D eigenvalue weighted by Gasteiger charge is -2.18. The number of hydrogen-bond acceptors (Lipinski definition) is 4. The average Bonchev–Trinajstić information content (AvgIpc) is 2.72. The van der Waals surface area contributed by atoms with Crippen molar-refractivity contribution >= 4 is 29.0 Å². The molecule has 0 radical (unpaired) electrons. The highest BCUT2D eigenvalue weighted by atomic mass is 35.5. The Labute approximate surface area is 177 Å². The van der Waals surface area contributed by atoms with E-state index >= 15 is 0 Å². The predicted octanol–water partition coefficient (Wildman–Crippen LogP) is 4.84. The number of halogens is 3. The van der Waals surface area contributed by atoms with Gasteiger partial charge in [0.1, 0.15) is 17.7 Å². The van der Waals surface area contributed by atoms with E-state index in [1.165, 1.54) is 19.2 Å². The van der Waals surface area contributed by atoms with E-state index in [9.17, 15) is 9.50 Å². The summed E-state index contributed by atoms with van der Waals surface area (Å²) in [4.78, 5) is 2.95. The van der Waals surface area contributed by atoms with Gasteiger partial charge in [-0.25, -0.2) is 9.37 Å². The maximum absolute atomic E-state index is 13.8. The van der Waals surface area contributed by atoms with Gasteiger partial charge >= 0.3 is 5.82 Å². The minimum absolute atomic E-state index is 0.0898. The van der Waals surface area contributed by atoms with Crippen molar-refractivity contribution in [3.8, 4) is 22.6 Å². The number of aromatic nitrogens is 1. The topological polar surface area (TPSA) is 78.9 Å². The number of aromatic amines is 1. The van der Waals surface area contributed by atoms with Crippen LogP contribution in [0.1, 0.15) is 24.2 Å². The number of H-pyrrole nitrogens is 1. The maximum atomic E-state index is 13.8. The molecule has 8 heteroatoms. The second-order valence-electron chi connectivity index (χ2n) is 6.37. The molecule has 2 aromatic carbocycles. The number of nitrogens with one attached hydrogen (secondary N) is 1. The number of rotatable bonds is 6. The molecule has 1 atom stereocenters. The number of aliphatic hydroxyl groups excluding tert-OH is 1. The van der Waals surface area contributed by atoms with E-state index in [4.69, 9.17) is 38.4 Å². The molecule has 0 aliphatic heterocycles. The molecule has 0 fully saturated rings. The van der Waals surface area contributed by atoms with Crippen molar-refractivity contribution in [3.63, 3.8) is 0 Å². The summed E-state index contributed by atoms with van der Waals surface area (Å²) in [6.45, 7) is 1.58. The first-order valence-corrected chi connectivity index (χ1v) is 9.50. The highest BCUT2D eigenvalue weighted by Gasteiger charge is 2.21. The van der Waals surface area contributed by atoms with Crippen LogP contribution in [0.15, 0.2) is 42.6 Å².